The van der Waals surface area contributed by atoms with E-state index < -0.39 is 6.41 Å². The van der Waals surface area contributed by atoms with Gasteiger partial charge in [0, 0.05) is 18.0 Å². The average Bonchev–Trinajstić information content (AvgIpc) is 3.11. The Bertz CT molecular complexity index is 690. The second-order valence-electron chi connectivity index (χ2n) is 4.61. The molecule has 2 aromatic rings. The third-order valence-corrected chi connectivity index (χ3v) is 3.97. The number of amidine groups is 1. The minimum atomic E-state index is -1.22. The van der Waals surface area contributed by atoms with Gasteiger partial charge in [-0.2, -0.15) is 0 Å². The maximum Gasteiger partial charge on any atom is 0.311 e. The van der Waals surface area contributed by atoms with Crippen LogP contribution in [0.4, 0.5) is 5.69 Å². The first-order valence-corrected chi connectivity index (χ1v) is 7.63. The number of aryl methyl sites for hydroxylation is 1. The highest BCUT2D eigenvalue weighted by atomic mass is 32.2. The Kier molecular flexibility index (Phi) is 4.27. The molecule has 3 rings (SSSR count). The van der Waals surface area contributed by atoms with Gasteiger partial charge in [-0.1, -0.05) is 29.1 Å². The lowest BCUT2D eigenvalue weighted by Crippen LogP contribution is -2.36. The van der Waals surface area contributed by atoms with Crippen LogP contribution in [0.5, 0.6) is 0 Å². The molecule has 0 bridgehead atoms. The molecule has 0 spiro atoms. The summed E-state index contributed by atoms with van der Waals surface area (Å²) in [6.45, 7) is 2.47. The van der Waals surface area contributed by atoms with Crippen LogP contribution in [0.15, 0.2) is 39.1 Å². The molecule has 8 nitrogen and oxygen atoms in total. The number of anilines is 1. The van der Waals surface area contributed by atoms with Crippen molar-refractivity contribution in [3.8, 4) is 0 Å². The number of nitrogens with two attached hydrogens (primary N) is 1. The summed E-state index contributed by atoms with van der Waals surface area (Å²) in [5, 5.41) is 22.2. The molecule has 1 aliphatic heterocycles. The van der Waals surface area contributed by atoms with Crippen LogP contribution in [-0.4, -0.2) is 40.0 Å². The van der Waals surface area contributed by atoms with E-state index in [9.17, 15) is 5.11 Å². The number of aromatic nitrogens is 2. The lowest BCUT2D eigenvalue weighted by Gasteiger charge is -2.20. The molecule has 1 aromatic carbocycles. The summed E-state index contributed by atoms with van der Waals surface area (Å²) in [5.74, 6) is 1.02. The van der Waals surface area contributed by atoms with E-state index in [4.69, 9.17) is 15.2 Å². The molecule has 1 aromatic heterocycles. The van der Waals surface area contributed by atoms with Gasteiger partial charge in [0.25, 0.3) is 0 Å². The quantitative estimate of drug-likeness (QED) is 0.782. The lowest BCUT2D eigenvalue weighted by atomic mass is 10.2. The Balaban J connectivity index is 1.94. The first-order valence-electron chi connectivity index (χ1n) is 6.64. The Morgan fingerprint density at radius 2 is 2.27 bits per heavy atom. The zero-order valence-corrected chi connectivity index (χ0v) is 12.7. The van der Waals surface area contributed by atoms with Crippen LogP contribution >= 0.6 is 11.8 Å². The van der Waals surface area contributed by atoms with Crippen molar-refractivity contribution in [2.45, 2.75) is 18.4 Å². The largest absolute Gasteiger partial charge is 0.340 e. The average molecular weight is 321 g/mol. The normalized spacial score (nSPS) is 17.5. The highest BCUT2D eigenvalue weighted by Gasteiger charge is 2.34. The highest BCUT2D eigenvalue weighted by molar-refractivity contribution is 7.99. The van der Waals surface area contributed by atoms with Crippen LogP contribution in [0.2, 0.25) is 0 Å². The van der Waals surface area contributed by atoms with E-state index in [0.717, 1.165) is 11.3 Å². The predicted octanol–water partition coefficient (Wildman–Crippen LogP) is 0.903. The highest BCUT2D eigenvalue weighted by Crippen LogP contribution is 2.28. The van der Waals surface area contributed by atoms with Gasteiger partial charge in [-0.3, -0.25) is 4.90 Å². The molecule has 0 aliphatic carbocycles. The fourth-order valence-electron chi connectivity index (χ4n) is 2.05. The van der Waals surface area contributed by atoms with Crippen LogP contribution in [0.1, 0.15) is 11.3 Å². The van der Waals surface area contributed by atoms with Crippen molar-refractivity contribution in [3.63, 3.8) is 0 Å². The van der Waals surface area contributed by atoms with Crippen molar-refractivity contribution in [2.24, 2.45) is 10.9 Å². The Labute approximate surface area is 130 Å². The summed E-state index contributed by atoms with van der Waals surface area (Å²) in [5.41, 5.74) is 7.70. The molecule has 116 valence electrons. The van der Waals surface area contributed by atoms with Crippen molar-refractivity contribution in [2.75, 3.05) is 17.2 Å². The monoisotopic (exact) mass is 321 g/mol. The van der Waals surface area contributed by atoms with Gasteiger partial charge in [-0.05, 0) is 34.9 Å². The standard InChI is InChI=1S/C13H15N5O3S/c1-8-3-2-4-9(7-8)18-11(16-20-13(18)19)10-12(17-21-15-10)22-6-5-14/h2-4,7,13,19H,5-6,14H2,1H3. The second kappa shape index (κ2) is 6.34. The van der Waals surface area contributed by atoms with Gasteiger partial charge in [-0.25, -0.2) is 4.63 Å². The topological polar surface area (TPSA) is 110 Å². The number of benzene rings is 1. The van der Waals surface area contributed by atoms with E-state index >= 15 is 0 Å². The minimum Gasteiger partial charge on any atom is -0.340 e. The molecule has 3 N–H and O–H groups in total. The first-order chi connectivity index (χ1) is 10.7. The molecular formula is C13H15N5O3S. The summed E-state index contributed by atoms with van der Waals surface area (Å²) in [6, 6.07) is 7.61. The zero-order valence-electron chi connectivity index (χ0n) is 11.8. The molecule has 1 aliphatic rings. The van der Waals surface area contributed by atoms with E-state index in [1.54, 1.807) is 0 Å². The number of aliphatic hydroxyl groups is 1. The van der Waals surface area contributed by atoms with Gasteiger partial charge in [0.1, 0.15) is 0 Å². The van der Waals surface area contributed by atoms with Crippen molar-refractivity contribution in [3.05, 3.63) is 35.5 Å². The molecule has 1 unspecified atom stereocenters. The van der Waals surface area contributed by atoms with Gasteiger partial charge in [-0.15, -0.1) is 0 Å². The first kappa shape index (κ1) is 14.8. The van der Waals surface area contributed by atoms with Crippen molar-refractivity contribution < 1.29 is 14.6 Å². The van der Waals surface area contributed by atoms with Gasteiger partial charge in [0.15, 0.2) is 10.7 Å². The van der Waals surface area contributed by atoms with Crippen molar-refractivity contribution in [1.82, 2.24) is 10.3 Å². The summed E-state index contributed by atoms with van der Waals surface area (Å²) in [7, 11) is 0. The van der Waals surface area contributed by atoms with Crippen LogP contribution in [0, 0.1) is 6.92 Å². The Morgan fingerprint density at radius 3 is 3.05 bits per heavy atom. The summed E-state index contributed by atoms with van der Waals surface area (Å²) in [6.07, 6.45) is -1.22. The molecule has 0 radical (unpaired) electrons. The molecule has 2 heterocycles. The molecule has 1 atom stereocenters. The van der Waals surface area contributed by atoms with E-state index in [1.807, 2.05) is 31.2 Å². The fourth-order valence-corrected chi connectivity index (χ4v) is 2.71. The smallest absolute Gasteiger partial charge is 0.311 e. The molecule has 22 heavy (non-hydrogen) atoms. The van der Waals surface area contributed by atoms with Gasteiger partial charge in [0.2, 0.25) is 5.84 Å². The number of aliphatic hydroxyl groups excluding tert-OH is 1. The van der Waals surface area contributed by atoms with E-state index in [-0.39, 0.29) is 0 Å². The maximum atomic E-state index is 10.1. The molecule has 0 amide bonds. The molecular weight excluding hydrogens is 306 g/mol. The third-order valence-electron chi connectivity index (χ3n) is 2.99. The van der Waals surface area contributed by atoms with Crippen LogP contribution in [0.25, 0.3) is 0 Å². The number of nitrogens with zero attached hydrogens (tertiary/aromatic N) is 4. The van der Waals surface area contributed by atoms with Gasteiger partial charge in [0.05, 0.1) is 0 Å². The van der Waals surface area contributed by atoms with Crippen LogP contribution in [-0.2, 0) is 4.84 Å². The Morgan fingerprint density at radius 1 is 1.41 bits per heavy atom. The molecule has 9 heteroatoms. The summed E-state index contributed by atoms with van der Waals surface area (Å²) >= 11 is 1.41. The summed E-state index contributed by atoms with van der Waals surface area (Å²) in [4.78, 5) is 6.51. The molecule has 0 saturated carbocycles. The minimum absolute atomic E-state index is 0.346. The number of thioether (sulfide) groups is 1. The maximum absolute atomic E-state index is 10.1. The molecule has 0 fully saturated rings. The summed E-state index contributed by atoms with van der Waals surface area (Å²) < 4.78 is 4.79. The Hall–Kier alpha value is -2.10. The van der Waals surface area contributed by atoms with E-state index in [2.05, 4.69) is 15.5 Å². The number of rotatable bonds is 5. The van der Waals surface area contributed by atoms with Crippen molar-refractivity contribution >= 4 is 23.3 Å². The second-order valence-corrected chi connectivity index (χ2v) is 5.69. The number of hydrogen-bond donors (Lipinski definition) is 2. The third kappa shape index (κ3) is 2.78. The SMILES string of the molecule is Cc1cccc(N2C(c3nonc3SCCN)=NOC2O)c1. The van der Waals surface area contributed by atoms with Crippen LogP contribution < -0.4 is 10.6 Å². The van der Waals surface area contributed by atoms with Gasteiger partial charge < -0.3 is 15.7 Å². The molecule has 0 saturated heterocycles. The lowest BCUT2D eigenvalue weighted by molar-refractivity contribution is -0.0746. The van der Waals surface area contributed by atoms with E-state index in [0.29, 0.717) is 28.9 Å². The fraction of sp³-hybridized carbons (Fsp3) is 0.308. The number of hydrogen-bond acceptors (Lipinski definition) is 9. The number of oxime groups is 1. The van der Waals surface area contributed by atoms with Crippen molar-refractivity contribution in [1.29, 1.82) is 0 Å². The zero-order chi connectivity index (χ0) is 15.5. The predicted molar refractivity (Wildman–Crippen MR) is 81.4 cm³/mol. The van der Waals surface area contributed by atoms with Gasteiger partial charge >= 0.3 is 6.41 Å². The van der Waals surface area contributed by atoms with Crippen LogP contribution in [0.3, 0.4) is 0 Å². The van der Waals surface area contributed by atoms with E-state index in [1.165, 1.54) is 16.7 Å².